The lowest BCUT2D eigenvalue weighted by molar-refractivity contribution is 0.0767. The van der Waals surface area contributed by atoms with Crippen LogP contribution in [0.1, 0.15) is 24.5 Å². The van der Waals surface area contributed by atoms with Crippen LogP contribution in [0.4, 0.5) is 0 Å². The van der Waals surface area contributed by atoms with Gasteiger partial charge in [0.05, 0.1) is 5.69 Å². The molecule has 7 heteroatoms. The quantitative estimate of drug-likeness (QED) is 0.215. The van der Waals surface area contributed by atoms with Crippen molar-refractivity contribution in [2.45, 2.75) is 51.2 Å². The van der Waals surface area contributed by atoms with Crippen molar-refractivity contribution in [2.75, 3.05) is 6.61 Å². The van der Waals surface area contributed by atoms with Gasteiger partial charge in [-0.25, -0.2) is 9.67 Å². The Hall–Kier alpha value is -2.41. The van der Waals surface area contributed by atoms with Crippen LogP contribution in [-0.2, 0) is 11.5 Å². The number of nitrogens with zero attached hydrogens (tertiary/aromatic N) is 4. The Balaban J connectivity index is 1.58. The molecule has 1 aliphatic rings. The maximum Gasteiger partial charge on any atom is 0.139 e. The summed E-state index contributed by atoms with van der Waals surface area (Å²) < 4.78 is 10.3. The van der Waals surface area contributed by atoms with Crippen molar-refractivity contribution in [3.05, 3.63) is 65.7 Å². The van der Waals surface area contributed by atoms with E-state index in [2.05, 4.69) is 64.2 Å². The van der Waals surface area contributed by atoms with Crippen LogP contribution >= 0.6 is 11.6 Å². The van der Waals surface area contributed by atoms with E-state index in [0.717, 1.165) is 40.1 Å². The molecule has 1 aliphatic carbocycles. The Morgan fingerprint density at radius 2 is 1.81 bits per heavy atom. The number of imidazole rings is 1. The van der Waals surface area contributed by atoms with E-state index in [1.165, 1.54) is 24.1 Å². The van der Waals surface area contributed by atoms with Gasteiger partial charge in [0.1, 0.15) is 18.1 Å². The number of fused-ring (bicyclic) bond motifs is 1. The van der Waals surface area contributed by atoms with Crippen LogP contribution in [0.2, 0.25) is 30.7 Å². The minimum atomic E-state index is -1.13. The van der Waals surface area contributed by atoms with E-state index in [4.69, 9.17) is 21.4 Å². The molecule has 32 heavy (non-hydrogen) atoms. The van der Waals surface area contributed by atoms with Crippen molar-refractivity contribution in [1.29, 1.82) is 0 Å². The summed E-state index contributed by atoms with van der Waals surface area (Å²) in [6, 6.07) is 13.3. The molecule has 0 unspecified atom stereocenters. The number of hydrogen-bond acceptors (Lipinski definition) is 3. The molecule has 0 N–H and O–H groups in total. The van der Waals surface area contributed by atoms with Gasteiger partial charge in [0.15, 0.2) is 0 Å². The molecule has 5 nitrogen and oxygen atoms in total. The van der Waals surface area contributed by atoms with Crippen molar-refractivity contribution in [3.8, 4) is 22.4 Å². The summed E-state index contributed by atoms with van der Waals surface area (Å²) in [7, 11) is -1.13. The number of pyridine rings is 1. The van der Waals surface area contributed by atoms with Crippen LogP contribution in [-0.4, -0.2) is 33.8 Å². The molecule has 0 aliphatic heterocycles. The molecule has 4 aromatic rings. The van der Waals surface area contributed by atoms with E-state index in [0.29, 0.717) is 12.6 Å². The summed E-state index contributed by atoms with van der Waals surface area (Å²) in [5.41, 5.74) is 6.61. The average molecular weight is 465 g/mol. The fourth-order valence-electron chi connectivity index (χ4n) is 4.04. The summed E-state index contributed by atoms with van der Waals surface area (Å²) in [6.45, 7) is 8.41. The van der Waals surface area contributed by atoms with Gasteiger partial charge >= 0.3 is 0 Å². The number of aromatic nitrogens is 4. The second-order valence-corrected chi connectivity index (χ2v) is 15.9. The van der Waals surface area contributed by atoms with E-state index in [1.54, 1.807) is 0 Å². The molecule has 0 spiro atoms. The monoisotopic (exact) mass is 464 g/mol. The van der Waals surface area contributed by atoms with Crippen LogP contribution in [0, 0.1) is 0 Å². The van der Waals surface area contributed by atoms with Gasteiger partial charge in [-0.1, -0.05) is 43.4 Å². The molecule has 5 rings (SSSR count). The topological polar surface area (TPSA) is 44.3 Å². The summed E-state index contributed by atoms with van der Waals surface area (Å²) in [4.78, 5) is 4.40. The van der Waals surface area contributed by atoms with Crippen LogP contribution < -0.4 is 0 Å². The maximum atomic E-state index is 6.17. The van der Waals surface area contributed by atoms with Crippen molar-refractivity contribution in [1.82, 2.24) is 19.2 Å². The predicted octanol–water partition coefficient (Wildman–Crippen LogP) is 6.71. The maximum absolute atomic E-state index is 6.17. The highest BCUT2D eigenvalue weighted by Crippen LogP contribution is 2.47. The molecular weight excluding hydrogens is 436 g/mol. The minimum Gasteiger partial charge on any atom is -0.360 e. The molecule has 0 radical (unpaired) electrons. The van der Waals surface area contributed by atoms with Crippen molar-refractivity contribution in [3.63, 3.8) is 0 Å². The summed E-state index contributed by atoms with van der Waals surface area (Å²) in [5.74, 6) is 0.526. The second-order valence-electron chi connectivity index (χ2n) is 9.85. The number of ether oxygens (including phenoxy) is 1. The molecule has 1 saturated carbocycles. The lowest BCUT2D eigenvalue weighted by Crippen LogP contribution is -2.22. The van der Waals surface area contributed by atoms with E-state index in [-0.39, 0.29) is 0 Å². The Kier molecular flexibility index (Phi) is 5.69. The van der Waals surface area contributed by atoms with E-state index in [1.807, 2.05) is 24.5 Å². The SMILES string of the molecule is C[Si](C)(C)CCOCn1nc(-c2ccc(Cl)cc2)c(-c2ccc3nccn3c2)c1C1CC1. The molecule has 3 heterocycles. The fourth-order valence-corrected chi connectivity index (χ4v) is 4.92. The molecule has 0 saturated heterocycles. The van der Waals surface area contributed by atoms with Crippen LogP contribution in [0.5, 0.6) is 0 Å². The summed E-state index contributed by atoms with van der Waals surface area (Å²) >= 11 is 6.17. The molecule has 1 aromatic carbocycles. The molecule has 0 amide bonds. The first-order valence-corrected chi connectivity index (χ1v) is 15.3. The van der Waals surface area contributed by atoms with E-state index < -0.39 is 8.07 Å². The zero-order chi connectivity index (χ0) is 22.3. The zero-order valence-corrected chi connectivity index (χ0v) is 20.6. The average Bonchev–Trinajstić information content (AvgIpc) is 3.36. The smallest absolute Gasteiger partial charge is 0.139 e. The molecule has 0 bridgehead atoms. The number of halogens is 1. The van der Waals surface area contributed by atoms with Gasteiger partial charge in [0.25, 0.3) is 0 Å². The van der Waals surface area contributed by atoms with Gasteiger partial charge in [-0.15, -0.1) is 0 Å². The largest absolute Gasteiger partial charge is 0.360 e. The number of benzene rings is 1. The lowest BCUT2D eigenvalue weighted by atomic mass is 9.98. The van der Waals surface area contributed by atoms with Crippen molar-refractivity contribution < 1.29 is 4.74 Å². The van der Waals surface area contributed by atoms with Gasteiger partial charge in [-0.05, 0) is 43.2 Å². The first kappa shape index (κ1) is 21.4. The first-order valence-electron chi connectivity index (χ1n) is 11.3. The van der Waals surface area contributed by atoms with Crippen LogP contribution in [0.25, 0.3) is 28.0 Å². The Labute approximate surface area is 195 Å². The highest BCUT2D eigenvalue weighted by atomic mass is 35.5. The molecular formula is C25H29ClN4OSi. The third-order valence-corrected chi connectivity index (χ3v) is 7.92. The molecule has 3 aromatic heterocycles. The third kappa shape index (κ3) is 4.53. The highest BCUT2D eigenvalue weighted by molar-refractivity contribution is 6.76. The Morgan fingerprint density at radius 1 is 1.06 bits per heavy atom. The molecule has 166 valence electrons. The number of rotatable bonds is 8. The fraction of sp³-hybridized carbons (Fsp3) is 0.360. The van der Waals surface area contributed by atoms with Crippen LogP contribution in [0.3, 0.4) is 0 Å². The third-order valence-electron chi connectivity index (χ3n) is 5.96. The van der Waals surface area contributed by atoms with Crippen molar-refractivity contribution in [2.24, 2.45) is 0 Å². The Bertz CT molecular complexity index is 1240. The van der Waals surface area contributed by atoms with Gasteiger partial charge in [-0.2, -0.15) is 5.10 Å². The van der Waals surface area contributed by atoms with Gasteiger partial charge in [-0.3, -0.25) is 0 Å². The van der Waals surface area contributed by atoms with Crippen molar-refractivity contribution >= 4 is 25.3 Å². The zero-order valence-electron chi connectivity index (χ0n) is 18.9. The van der Waals surface area contributed by atoms with Crippen LogP contribution in [0.15, 0.2) is 55.0 Å². The molecule has 1 fully saturated rings. The summed E-state index contributed by atoms with van der Waals surface area (Å²) in [5, 5.41) is 5.81. The standard InChI is InChI=1S/C25H29ClN4OSi/c1-32(2,3)15-14-31-17-30-25(19-4-5-19)23(20-8-11-22-27-12-13-29(22)16-20)24(28-30)18-6-9-21(26)10-7-18/h6-13,16,19H,4-5,14-15,17H2,1-3H3. The van der Waals surface area contributed by atoms with Gasteiger partial charge < -0.3 is 9.14 Å². The molecule has 0 atom stereocenters. The van der Waals surface area contributed by atoms with Gasteiger partial charge in [0, 0.05) is 60.9 Å². The van der Waals surface area contributed by atoms with Gasteiger partial charge in [0.2, 0.25) is 0 Å². The lowest BCUT2D eigenvalue weighted by Gasteiger charge is -2.16. The van der Waals surface area contributed by atoms with E-state index in [9.17, 15) is 0 Å². The highest BCUT2D eigenvalue weighted by Gasteiger charge is 2.33. The normalized spacial score (nSPS) is 14.4. The van der Waals surface area contributed by atoms with E-state index >= 15 is 0 Å². The summed E-state index contributed by atoms with van der Waals surface area (Å²) in [6.07, 6.45) is 8.36. The minimum absolute atomic E-state index is 0.490. The Morgan fingerprint density at radius 3 is 2.53 bits per heavy atom. The predicted molar refractivity (Wildman–Crippen MR) is 133 cm³/mol. The number of hydrogen-bond donors (Lipinski definition) is 0. The first-order chi connectivity index (χ1) is 15.4. The second kappa shape index (κ2) is 8.50.